The van der Waals surface area contributed by atoms with E-state index in [4.69, 9.17) is 21.1 Å². The van der Waals surface area contributed by atoms with Crippen molar-refractivity contribution < 1.29 is 23.9 Å². The van der Waals surface area contributed by atoms with Gasteiger partial charge in [0.15, 0.2) is 11.5 Å². The fourth-order valence-corrected chi connectivity index (χ4v) is 5.16. The van der Waals surface area contributed by atoms with Crippen molar-refractivity contribution in [2.75, 3.05) is 26.2 Å². The summed E-state index contributed by atoms with van der Waals surface area (Å²) in [5.41, 5.74) is 1.61. The molecule has 0 atom stereocenters. The van der Waals surface area contributed by atoms with Crippen LogP contribution < -0.4 is 9.47 Å². The Morgan fingerprint density at radius 3 is 2.49 bits per heavy atom. The molecule has 2 aliphatic rings. The Morgan fingerprint density at radius 1 is 1.11 bits per heavy atom. The van der Waals surface area contributed by atoms with Crippen molar-refractivity contribution >= 4 is 62.4 Å². The van der Waals surface area contributed by atoms with Crippen molar-refractivity contribution in [3.63, 3.8) is 0 Å². The number of halogens is 2. The van der Waals surface area contributed by atoms with Gasteiger partial charge in [0.25, 0.3) is 11.1 Å². The van der Waals surface area contributed by atoms with Gasteiger partial charge in [0.2, 0.25) is 5.91 Å². The Morgan fingerprint density at radius 2 is 1.80 bits per heavy atom. The zero-order valence-electron chi connectivity index (χ0n) is 19.1. The van der Waals surface area contributed by atoms with Gasteiger partial charge >= 0.3 is 0 Å². The van der Waals surface area contributed by atoms with Crippen LogP contribution in [-0.4, -0.2) is 53.1 Å². The summed E-state index contributed by atoms with van der Waals surface area (Å²) in [7, 11) is 0. The third kappa shape index (κ3) is 6.20. The first-order valence-corrected chi connectivity index (χ1v) is 13.2. The molecule has 2 fully saturated rings. The van der Waals surface area contributed by atoms with Crippen molar-refractivity contribution in [1.29, 1.82) is 0 Å². The Labute approximate surface area is 221 Å². The molecule has 3 amide bonds. The zero-order chi connectivity index (χ0) is 24.9. The van der Waals surface area contributed by atoms with Crippen molar-refractivity contribution in [3.05, 3.63) is 61.9 Å². The molecule has 10 heteroatoms. The first kappa shape index (κ1) is 25.6. The molecule has 2 saturated heterocycles. The fraction of sp³-hybridized carbons (Fsp3) is 0.320. The second-order valence-electron chi connectivity index (χ2n) is 8.02. The van der Waals surface area contributed by atoms with E-state index in [2.05, 4.69) is 15.9 Å². The van der Waals surface area contributed by atoms with Crippen LogP contribution in [0.2, 0.25) is 5.02 Å². The van der Waals surface area contributed by atoms with E-state index in [0.29, 0.717) is 52.9 Å². The number of thioether (sulfide) groups is 1. The summed E-state index contributed by atoms with van der Waals surface area (Å²) >= 11 is 10.3. The lowest BCUT2D eigenvalue weighted by Crippen LogP contribution is -2.40. The first-order valence-electron chi connectivity index (χ1n) is 11.2. The van der Waals surface area contributed by atoms with E-state index in [1.165, 1.54) is 0 Å². The van der Waals surface area contributed by atoms with Gasteiger partial charge in [-0.3, -0.25) is 19.3 Å². The molecule has 35 heavy (non-hydrogen) atoms. The maximum Gasteiger partial charge on any atom is 0.294 e. The molecule has 7 nitrogen and oxygen atoms in total. The van der Waals surface area contributed by atoms with Crippen LogP contribution in [0, 0.1) is 0 Å². The molecule has 2 aliphatic heterocycles. The molecule has 0 aromatic heterocycles. The molecule has 0 bridgehead atoms. The maximum absolute atomic E-state index is 12.9. The summed E-state index contributed by atoms with van der Waals surface area (Å²) in [5.74, 6) is 0.378. The largest absolute Gasteiger partial charge is 0.490 e. The minimum atomic E-state index is -0.472. The molecule has 184 valence electrons. The van der Waals surface area contributed by atoms with Crippen LogP contribution in [0.5, 0.6) is 11.5 Å². The van der Waals surface area contributed by atoms with Crippen molar-refractivity contribution in [1.82, 2.24) is 9.80 Å². The van der Waals surface area contributed by atoms with E-state index in [-0.39, 0.29) is 17.4 Å². The summed E-state index contributed by atoms with van der Waals surface area (Å²) in [5, 5.41) is 0.207. The second-order valence-corrected chi connectivity index (χ2v) is 10.3. The smallest absolute Gasteiger partial charge is 0.294 e. The molecule has 0 N–H and O–H groups in total. The molecule has 4 rings (SSSR count). The molecule has 2 heterocycles. The van der Waals surface area contributed by atoms with E-state index in [9.17, 15) is 14.4 Å². The van der Waals surface area contributed by atoms with Gasteiger partial charge in [-0.25, -0.2) is 0 Å². The highest BCUT2D eigenvalue weighted by molar-refractivity contribution is 9.10. The summed E-state index contributed by atoms with van der Waals surface area (Å²) < 4.78 is 12.4. The van der Waals surface area contributed by atoms with E-state index < -0.39 is 11.1 Å². The number of carbonyl (C=O) groups is 3. The number of hydrogen-bond acceptors (Lipinski definition) is 6. The molecule has 0 radical (unpaired) electrons. The third-order valence-corrected chi connectivity index (χ3v) is 7.43. The predicted molar refractivity (Wildman–Crippen MR) is 140 cm³/mol. The standard InChI is InChI=1S/C25H24BrClN2O5S/c1-2-33-20-11-17(19(26)13-21(20)34-15-16-5-7-18(27)8-6-16)12-22-24(31)29(25(32)35-22)14-23(30)28-9-3-4-10-28/h5-8,11-13H,2-4,9-10,14-15H2,1H3/b22-12+. The third-order valence-electron chi connectivity index (χ3n) is 5.58. The van der Waals surface area contributed by atoms with Crippen LogP contribution in [0.25, 0.3) is 6.08 Å². The number of nitrogens with zero attached hydrogens (tertiary/aromatic N) is 2. The fourth-order valence-electron chi connectivity index (χ4n) is 3.76. The van der Waals surface area contributed by atoms with Gasteiger partial charge in [-0.15, -0.1) is 0 Å². The normalized spacial score (nSPS) is 16.9. The van der Waals surface area contributed by atoms with Gasteiger partial charge in [-0.05, 0) is 73.0 Å². The van der Waals surface area contributed by atoms with Crippen molar-refractivity contribution in [2.45, 2.75) is 26.4 Å². The highest BCUT2D eigenvalue weighted by atomic mass is 79.9. The van der Waals surface area contributed by atoms with Gasteiger partial charge in [0.1, 0.15) is 13.2 Å². The van der Waals surface area contributed by atoms with Crippen LogP contribution in [0.4, 0.5) is 4.79 Å². The molecule has 0 spiro atoms. The Balaban J connectivity index is 1.51. The maximum atomic E-state index is 12.9. The van der Waals surface area contributed by atoms with E-state index in [0.717, 1.165) is 35.1 Å². The van der Waals surface area contributed by atoms with E-state index in [1.54, 1.807) is 35.2 Å². The Bertz CT molecular complexity index is 1170. The number of benzene rings is 2. The summed E-state index contributed by atoms with van der Waals surface area (Å²) in [4.78, 5) is 40.8. The lowest BCUT2D eigenvalue weighted by Gasteiger charge is -2.18. The van der Waals surface area contributed by atoms with Gasteiger partial charge in [0.05, 0.1) is 11.5 Å². The van der Waals surface area contributed by atoms with Crippen LogP contribution in [-0.2, 0) is 16.2 Å². The lowest BCUT2D eigenvalue weighted by molar-refractivity contribution is -0.135. The van der Waals surface area contributed by atoms with E-state index >= 15 is 0 Å². The minimum absolute atomic E-state index is 0.201. The number of ether oxygens (including phenoxy) is 2. The minimum Gasteiger partial charge on any atom is -0.490 e. The number of carbonyl (C=O) groups excluding carboxylic acids is 3. The molecule has 0 saturated carbocycles. The van der Waals surface area contributed by atoms with E-state index in [1.807, 2.05) is 19.1 Å². The predicted octanol–water partition coefficient (Wildman–Crippen LogP) is 5.74. The molecule has 0 unspecified atom stereocenters. The summed E-state index contributed by atoms with van der Waals surface area (Å²) in [6, 6.07) is 10.9. The average Bonchev–Trinajstić information content (AvgIpc) is 3.46. The second kappa shape index (κ2) is 11.5. The highest BCUT2D eigenvalue weighted by Crippen LogP contribution is 2.38. The first-order chi connectivity index (χ1) is 16.9. The van der Waals surface area contributed by atoms with Crippen LogP contribution in [0.15, 0.2) is 45.8 Å². The number of amides is 3. The van der Waals surface area contributed by atoms with Crippen LogP contribution >= 0.6 is 39.3 Å². The van der Waals surface area contributed by atoms with Crippen LogP contribution in [0.3, 0.4) is 0 Å². The van der Waals surface area contributed by atoms with Crippen LogP contribution in [0.1, 0.15) is 30.9 Å². The molecular formula is C25H24BrClN2O5S. The summed E-state index contributed by atoms with van der Waals surface area (Å²) in [6.45, 7) is 3.73. The number of hydrogen-bond donors (Lipinski definition) is 0. The van der Waals surface area contributed by atoms with Crippen molar-refractivity contribution in [2.24, 2.45) is 0 Å². The van der Waals surface area contributed by atoms with Crippen molar-refractivity contribution in [3.8, 4) is 11.5 Å². The zero-order valence-corrected chi connectivity index (χ0v) is 22.2. The molecule has 2 aromatic rings. The van der Waals surface area contributed by atoms with Gasteiger partial charge < -0.3 is 14.4 Å². The Kier molecular flexibility index (Phi) is 8.41. The Hall–Kier alpha value is -2.49. The topological polar surface area (TPSA) is 76.2 Å². The molecule has 2 aromatic carbocycles. The quantitative estimate of drug-likeness (QED) is 0.371. The van der Waals surface area contributed by atoms with Gasteiger partial charge in [-0.2, -0.15) is 0 Å². The average molecular weight is 580 g/mol. The molecular weight excluding hydrogens is 556 g/mol. The lowest BCUT2D eigenvalue weighted by atomic mass is 10.1. The number of likely N-dealkylation sites (tertiary alicyclic amines) is 1. The monoisotopic (exact) mass is 578 g/mol. The van der Waals surface area contributed by atoms with Gasteiger partial charge in [-0.1, -0.05) is 39.7 Å². The summed E-state index contributed by atoms with van der Waals surface area (Å²) in [6.07, 6.45) is 3.52. The highest BCUT2D eigenvalue weighted by Gasteiger charge is 2.37. The SMILES string of the molecule is CCOc1cc(/C=C2/SC(=O)N(CC(=O)N3CCCC3)C2=O)c(Br)cc1OCc1ccc(Cl)cc1. The number of rotatable bonds is 8. The van der Waals surface area contributed by atoms with Gasteiger partial charge in [0, 0.05) is 22.6 Å². The number of imide groups is 1. The molecule has 0 aliphatic carbocycles.